The van der Waals surface area contributed by atoms with E-state index < -0.39 is 17.4 Å². The maximum Gasteiger partial charge on any atom is 0.327 e. The minimum absolute atomic E-state index is 0.188. The van der Waals surface area contributed by atoms with Gasteiger partial charge in [0.05, 0.1) is 0 Å². The predicted molar refractivity (Wildman–Crippen MR) is 55.8 cm³/mol. The number of rotatable bonds is 2. The number of nitrogens with zero attached hydrogens (tertiary/aromatic N) is 1. The molecule has 1 aliphatic heterocycles. The van der Waals surface area contributed by atoms with Gasteiger partial charge in [0.25, 0.3) is 0 Å². The average molecular weight is 220 g/mol. The predicted octanol–water partition coefficient (Wildman–Crippen LogP) is 0.312. The molecule has 16 heavy (non-hydrogen) atoms. The fourth-order valence-corrected chi connectivity index (χ4v) is 2.14. The van der Waals surface area contributed by atoms with Crippen LogP contribution in [0.2, 0.25) is 0 Å². The molecule has 1 saturated heterocycles. The van der Waals surface area contributed by atoms with Crippen molar-refractivity contribution >= 4 is 11.9 Å². The van der Waals surface area contributed by atoms with Gasteiger partial charge in [0.1, 0.15) is 6.04 Å². The van der Waals surface area contributed by atoms with E-state index in [4.69, 9.17) is 5.11 Å². The van der Waals surface area contributed by atoms with Crippen LogP contribution in [0.4, 0.5) is 0 Å². The van der Waals surface area contributed by atoms with Crippen LogP contribution in [0.1, 0.15) is 18.9 Å². The van der Waals surface area contributed by atoms with E-state index in [2.05, 4.69) is 10.3 Å². The first-order valence-corrected chi connectivity index (χ1v) is 4.97. The van der Waals surface area contributed by atoms with E-state index in [0.29, 0.717) is 0 Å². The normalized spacial score (nSPS) is 28.8. The Bertz CT molecular complexity index is 432. The summed E-state index contributed by atoms with van der Waals surface area (Å²) in [6.45, 7) is 1.78. The summed E-state index contributed by atoms with van der Waals surface area (Å²) in [4.78, 5) is 26.3. The molecule has 84 valence electrons. The van der Waals surface area contributed by atoms with Crippen molar-refractivity contribution in [1.29, 1.82) is 0 Å². The summed E-state index contributed by atoms with van der Waals surface area (Å²) in [5.41, 5.74) is 0.111. The highest BCUT2D eigenvalue weighted by Crippen LogP contribution is 2.35. The third-order valence-corrected chi connectivity index (χ3v) is 3.06. The zero-order valence-electron chi connectivity index (χ0n) is 8.80. The summed E-state index contributed by atoms with van der Waals surface area (Å²) in [6.07, 6.45) is 3.39. The summed E-state index contributed by atoms with van der Waals surface area (Å²) in [5.74, 6) is -1.24. The molecule has 2 atom stereocenters. The molecular formula is C11H12N2O3. The highest BCUT2D eigenvalue weighted by Gasteiger charge is 2.48. The van der Waals surface area contributed by atoms with E-state index >= 15 is 0 Å². The summed E-state index contributed by atoms with van der Waals surface area (Å²) >= 11 is 0. The Morgan fingerprint density at radius 1 is 1.56 bits per heavy atom. The van der Waals surface area contributed by atoms with Crippen molar-refractivity contribution < 1.29 is 14.7 Å². The van der Waals surface area contributed by atoms with E-state index in [1.54, 1.807) is 31.5 Å². The van der Waals surface area contributed by atoms with Crippen molar-refractivity contribution in [2.45, 2.75) is 24.8 Å². The van der Waals surface area contributed by atoms with Crippen LogP contribution in [0.15, 0.2) is 24.5 Å². The monoisotopic (exact) mass is 220 g/mol. The van der Waals surface area contributed by atoms with Gasteiger partial charge < -0.3 is 10.4 Å². The van der Waals surface area contributed by atoms with Crippen LogP contribution in [0.5, 0.6) is 0 Å². The smallest absolute Gasteiger partial charge is 0.327 e. The van der Waals surface area contributed by atoms with E-state index in [1.165, 1.54) is 0 Å². The van der Waals surface area contributed by atoms with Crippen molar-refractivity contribution in [1.82, 2.24) is 10.3 Å². The largest absolute Gasteiger partial charge is 0.480 e. The van der Waals surface area contributed by atoms with Crippen molar-refractivity contribution in [2.75, 3.05) is 0 Å². The minimum Gasteiger partial charge on any atom is -0.480 e. The zero-order valence-corrected chi connectivity index (χ0v) is 8.80. The molecule has 5 heteroatoms. The van der Waals surface area contributed by atoms with Crippen molar-refractivity contribution in [3.63, 3.8) is 0 Å². The summed E-state index contributed by atoms with van der Waals surface area (Å²) in [7, 11) is 0. The number of pyridine rings is 1. The fraction of sp³-hybridized carbons (Fsp3) is 0.364. The molecule has 2 heterocycles. The summed E-state index contributed by atoms with van der Waals surface area (Å²) in [5, 5.41) is 11.6. The standard InChI is InChI=1S/C11H12N2O3/c1-11(7-2-4-12-5-3-7)6-8(14)13-9(11)10(15)16/h2-5,9H,6H2,1H3,(H,13,14)(H,15,16). The number of hydrogen-bond donors (Lipinski definition) is 2. The first kappa shape index (κ1) is 10.6. The molecule has 1 aromatic heterocycles. The maximum atomic E-state index is 11.4. The highest BCUT2D eigenvalue weighted by molar-refractivity contribution is 5.90. The van der Waals surface area contributed by atoms with Crippen LogP contribution in [0.3, 0.4) is 0 Å². The molecule has 2 unspecified atom stereocenters. The zero-order chi connectivity index (χ0) is 11.8. The van der Waals surface area contributed by atoms with Gasteiger partial charge in [0.2, 0.25) is 5.91 Å². The SMILES string of the molecule is CC1(c2ccncc2)CC(=O)NC1C(=O)O. The number of aliphatic carboxylic acids is 1. The van der Waals surface area contributed by atoms with Gasteiger partial charge in [-0.3, -0.25) is 9.78 Å². The van der Waals surface area contributed by atoms with Crippen molar-refractivity contribution in [3.05, 3.63) is 30.1 Å². The number of carbonyl (C=O) groups excluding carboxylic acids is 1. The number of carbonyl (C=O) groups is 2. The third kappa shape index (κ3) is 1.54. The van der Waals surface area contributed by atoms with E-state index in [-0.39, 0.29) is 12.3 Å². The lowest BCUT2D eigenvalue weighted by Crippen LogP contribution is -2.44. The molecule has 1 fully saturated rings. The van der Waals surface area contributed by atoms with Crippen LogP contribution >= 0.6 is 0 Å². The van der Waals surface area contributed by atoms with Gasteiger partial charge in [-0.15, -0.1) is 0 Å². The van der Waals surface area contributed by atoms with Gasteiger partial charge in [-0.25, -0.2) is 4.79 Å². The quantitative estimate of drug-likeness (QED) is 0.751. The first-order chi connectivity index (χ1) is 7.54. The number of nitrogens with one attached hydrogen (secondary N) is 1. The van der Waals surface area contributed by atoms with Gasteiger partial charge in [-0.2, -0.15) is 0 Å². The molecule has 0 aliphatic carbocycles. The molecule has 2 N–H and O–H groups in total. The number of carboxylic acids is 1. The highest BCUT2D eigenvalue weighted by atomic mass is 16.4. The van der Waals surface area contributed by atoms with Crippen molar-refractivity contribution in [2.24, 2.45) is 0 Å². The molecule has 0 saturated carbocycles. The van der Waals surface area contributed by atoms with Crippen LogP contribution in [-0.2, 0) is 15.0 Å². The Morgan fingerprint density at radius 2 is 2.19 bits per heavy atom. The first-order valence-electron chi connectivity index (χ1n) is 4.97. The molecule has 1 aliphatic rings. The Balaban J connectivity index is 2.43. The topological polar surface area (TPSA) is 79.3 Å². The van der Waals surface area contributed by atoms with Crippen LogP contribution in [-0.4, -0.2) is 28.0 Å². The Labute approximate surface area is 92.5 Å². The minimum atomic E-state index is -1.01. The van der Waals surface area contributed by atoms with E-state index in [0.717, 1.165) is 5.56 Å². The molecular weight excluding hydrogens is 208 g/mol. The van der Waals surface area contributed by atoms with Crippen LogP contribution < -0.4 is 5.32 Å². The number of hydrogen-bond acceptors (Lipinski definition) is 3. The fourth-order valence-electron chi connectivity index (χ4n) is 2.14. The Kier molecular flexibility index (Phi) is 2.38. The number of amides is 1. The van der Waals surface area contributed by atoms with Crippen molar-refractivity contribution in [3.8, 4) is 0 Å². The number of aromatic nitrogens is 1. The van der Waals surface area contributed by atoms with Gasteiger partial charge >= 0.3 is 5.97 Å². The van der Waals surface area contributed by atoms with Gasteiger partial charge in [0.15, 0.2) is 0 Å². The average Bonchev–Trinajstić information content (AvgIpc) is 2.57. The summed E-state index contributed by atoms with van der Waals surface area (Å²) in [6, 6.07) is 2.62. The molecule has 0 radical (unpaired) electrons. The lowest BCUT2D eigenvalue weighted by Gasteiger charge is -2.27. The number of carboxylic acid groups (broad SMARTS) is 1. The molecule has 5 nitrogen and oxygen atoms in total. The Morgan fingerprint density at radius 3 is 2.75 bits per heavy atom. The van der Waals surface area contributed by atoms with Crippen LogP contribution in [0.25, 0.3) is 0 Å². The second-order valence-corrected chi connectivity index (χ2v) is 4.17. The van der Waals surface area contributed by atoms with E-state index in [1.807, 2.05) is 0 Å². The van der Waals surface area contributed by atoms with Crippen LogP contribution in [0, 0.1) is 0 Å². The van der Waals surface area contributed by atoms with Gasteiger partial charge in [-0.05, 0) is 17.7 Å². The molecule has 1 amide bonds. The Hall–Kier alpha value is -1.91. The lowest BCUT2D eigenvalue weighted by atomic mass is 9.76. The molecule has 0 aromatic carbocycles. The third-order valence-electron chi connectivity index (χ3n) is 3.06. The summed E-state index contributed by atoms with van der Waals surface area (Å²) < 4.78 is 0. The molecule has 0 bridgehead atoms. The molecule has 0 spiro atoms. The van der Waals surface area contributed by atoms with Gasteiger partial charge in [0, 0.05) is 24.2 Å². The molecule has 1 aromatic rings. The maximum absolute atomic E-state index is 11.4. The second-order valence-electron chi connectivity index (χ2n) is 4.17. The molecule has 2 rings (SSSR count). The van der Waals surface area contributed by atoms with E-state index in [9.17, 15) is 9.59 Å². The lowest BCUT2D eigenvalue weighted by molar-refractivity contribution is -0.141. The second kappa shape index (κ2) is 3.59. The van der Waals surface area contributed by atoms with Gasteiger partial charge in [-0.1, -0.05) is 6.92 Å².